The Morgan fingerprint density at radius 3 is 1.54 bits per heavy atom. The Bertz CT molecular complexity index is 1260. The van der Waals surface area contributed by atoms with Gasteiger partial charge in [-0.1, -0.05) is 48.5 Å². The number of carbonyl (C=O) groups is 1. The molecule has 0 saturated heterocycles. The third-order valence-electron chi connectivity index (χ3n) is 6.00. The molecular weight excluding hydrogens is 366 g/mol. The van der Waals surface area contributed by atoms with Crippen molar-refractivity contribution in [3.8, 4) is 0 Å². The van der Waals surface area contributed by atoms with Crippen molar-refractivity contribution in [3.05, 3.63) is 95.1 Å². The van der Waals surface area contributed by atoms with Gasteiger partial charge in [0.2, 0.25) is 5.91 Å². The first-order chi connectivity index (χ1) is 13.6. The van der Waals surface area contributed by atoms with Crippen LogP contribution in [-0.4, -0.2) is 14.4 Å². The minimum atomic E-state index is -1.42. The fourth-order valence-electron chi connectivity index (χ4n) is 4.81. The normalized spacial score (nSPS) is 22.3. The lowest BCUT2D eigenvalue weighted by molar-refractivity contribution is -0.125. The Morgan fingerprint density at radius 1 is 0.750 bits per heavy atom. The van der Waals surface area contributed by atoms with E-state index in [0.29, 0.717) is 0 Å². The number of carbonyl (C=O) groups excluding carboxylic acids is 1. The van der Waals surface area contributed by atoms with Gasteiger partial charge in [0.05, 0.1) is 6.04 Å². The van der Waals surface area contributed by atoms with Crippen LogP contribution < -0.4 is 0 Å². The van der Waals surface area contributed by atoms with E-state index in [2.05, 4.69) is 48.5 Å². The zero-order valence-electron chi connectivity index (χ0n) is 15.3. The number of benzene rings is 4. The van der Waals surface area contributed by atoms with E-state index in [1.54, 1.807) is 4.31 Å². The van der Waals surface area contributed by atoms with E-state index in [9.17, 15) is 9.00 Å². The summed E-state index contributed by atoms with van der Waals surface area (Å²) in [5.41, 5.74) is 4.37. The Morgan fingerprint density at radius 2 is 1.14 bits per heavy atom. The average molecular weight is 383 g/mol. The maximum Gasteiger partial charge on any atom is 0.232 e. The van der Waals surface area contributed by atoms with E-state index in [0.717, 1.165) is 43.8 Å². The number of nitrogens with zero attached hydrogens (tertiary/aromatic N) is 1. The molecule has 3 aliphatic rings. The number of fused-ring (bicyclic) bond motifs is 3. The smallest absolute Gasteiger partial charge is 0.232 e. The number of hydrogen-bond donors (Lipinski definition) is 0. The van der Waals surface area contributed by atoms with Gasteiger partial charge in [-0.25, -0.2) is 8.51 Å². The van der Waals surface area contributed by atoms with Gasteiger partial charge in [-0.15, -0.1) is 0 Å². The lowest BCUT2D eigenvalue weighted by atomic mass is 9.79. The summed E-state index contributed by atoms with van der Waals surface area (Å²) in [7, 11) is -1.42. The molecule has 3 nitrogen and oxygen atoms in total. The molecule has 0 saturated carbocycles. The monoisotopic (exact) mass is 383 g/mol. The number of amides is 1. The van der Waals surface area contributed by atoms with Crippen molar-refractivity contribution in [2.75, 3.05) is 0 Å². The van der Waals surface area contributed by atoms with Crippen molar-refractivity contribution in [2.24, 2.45) is 0 Å². The summed E-state index contributed by atoms with van der Waals surface area (Å²) < 4.78 is 15.0. The summed E-state index contributed by atoms with van der Waals surface area (Å²) in [6.07, 6.45) is 0. The zero-order chi connectivity index (χ0) is 19.0. The molecule has 0 radical (unpaired) electrons. The standard InChI is InChI=1S/C24H17NO2S/c1-14(26)25-23-19-10-15-6-2-4-8-17(15)12-21(19)24(28(25)27)22-13-18-9-5-3-7-16(18)11-20(22)23/h2-13,23-24H,1H3. The van der Waals surface area contributed by atoms with Crippen LogP contribution in [0.2, 0.25) is 0 Å². The zero-order valence-corrected chi connectivity index (χ0v) is 16.1. The SMILES string of the molecule is CC(=O)N1C2c3cc4ccccc4cc3C(c3cc4ccccc4cc32)S1=O. The maximum absolute atomic E-state index is 13.4. The number of hydrogen-bond acceptors (Lipinski definition) is 2. The highest BCUT2D eigenvalue weighted by Gasteiger charge is 2.48. The average Bonchev–Trinajstić information content (AvgIpc) is 2.70. The topological polar surface area (TPSA) is 37.4 Å². The number of rotatable bonds is 0. The van der Waals surface area contributed by atoms with Crippen molar-refractivity contribution >= 4 is 38.4 Å². The molecule has 0 aromatic heterocycles. The lowest BCUT2D eigenvalue weighted by Crippen LogP contribution is -2.46. The van der Waals surface area contributed by atoms with Gasteiger partial charge in [-0.05, 0) is 68.1 Å². The fourth-order valence-corrected chi connectivity index (χ4v) is 6.57. The predicted molar refractivity (Wildman–Crippen MR) is 112 cm³/mol. The molecule has 1 aliphatic carbocycles. The second-order valence-electron chi connectivity index (χ2n) is 7.56. The van der Waals surface area contributed by atoms with Crippen LogP contribution in [0.3, 0.4) is 0 Å². The molecule has 0 spiro atoms. The van der Waals surface area contributed by atoms with Crippen LogP contribution in [0.15, 0.2) is 72.8 Å². The van der Waals surface area contributed by atoms with E-state index in [-0.39, 0.29) is 17.2 Å². The van der Waals surface area contributed by atoms with Crippen LogP contribution in [-0.2, 0) is 15.8 Å². The van der Waals surface area contributed by atoms with E-state index in [1.165, 1.54) is 6.92 Å². The molecule has 2 bridgehead atoms. The Labute approximate surface area is 165 Å². The Hall–Kier alpha value is -2.98. The first-order valence-corrected chi connectivity index (χ1v) is 10.6. The highest BCUT2D eigenvalue weighted by molar-refractivity contribution is 7.83. The molecule has 7 rings (SSSR count). The van der Waals surface area contributed by atoms with Gasteiger partial charge in [0, 0.05) is 6.92 Å². The van der Waals surface area contributed by atoms with E-state index in [1.807, 2.05) is 24.3 Å². The van der Waals surface area contributed by atoms with E-state index < -0.39 is 11.0 Å². The molecule has 1 atom stereocenters. The molecule has 28 heavy (non-hydrogen) atoms. The third-order valence-corrected chi connectivity index (χ3v) is 7.76. The summed E-state index contributed by atoms with van der Waals surface area (Å²) in [4.78, 5) is 12.5. The molecule has 4 aromatic carbocycles. The highest BCUT2D eigenvalue weighted by atomic mass is 32.2. The van der Waals surface area contributed by atoms with Crippen LogP contribution in [0.4, 0.5) is 0 Å². The quantitative estimate of drug-likeness (QED) is 0.428. The molecule has 1 unspecified atom stereocenters. The first-order valence-electron chi connectivity index (χ1n) is 9.39. The van der Waals surface area contributed by atoms with Crippen LogP contribution >= 0.6 is 0 Å². The van der Waals surface area contributed by atoms with Crippen LogP contribution in [0, 0.1) is 0 Å². The maximum atomic E-state index is 13.4. The summed E-state index contributed by atoms with van der Waals surface area (Å²) >= 11 is 0. The summed E-state index contributed by atoms with van der Waals surface area (Å²) in [5.74, 6) is -0.147. The van der Waals surface area contributed by atoms with Crippen LogP contribution in [0.1, 0.15) is 40.5 Å². The molecule has 0 N–H and O–H groups in total. The minimum absolute atomic E-state index is 0.147. The molecule has 0 fully saturated rings. The molecule has 4 aromatic rings. The van der Waals surface area contributed by atoms with E-state index >= 15 is 0 Å². The summed E-state index contributed by atoms with van der Waals surface area (Å²) in [5, 5.41) is 4.26. The Kier molecular flexibility index (Phi) is 3.16. The predicted octanol–water partition coefficient (Wildman–Crippen LogP) is 5.01. The van der Waals surface area contributed by atoms with Gasteiger partial charge in [0.25, 0.3) is 0 Å². The van der Waals surface area contributed by atoms with Gasteiger partial charge < -0.3 is 0 Å². The van der Waals surface area contributed by atoms with Crippen LogP contribution in [0.5, 0.6) is 0 Å². The molecule has 136 valence electrons. The second-order valence-corrected chi connectivity index (χ2v) is 8.98. The molecule has 4 heteroatoms. The van der Waals surface area contributed by atoms with Crippen LogP contribution in [0.25, 0.3) is 21.5 Å². The summed E-state index contributed by atoms with van der Waals surface area (Å²) in [6.45, 7) is 1.51. The van der Waals surface area contributed by atoms with Gasteiger partial charge in [-0.3, -0.25) is 4.79 Å². The van der Waals surface area contributed by atoms with Gasteiger partial charge in [-0.2, -0.15) is 0 Å². The van der Waals surface area contributed by atoms with Crippen molar-refractivity contribution in [1.82, 2.24) is 4.31 Å². The highest BCUT2D eigenvalue weighted by Crippen LogP contribution is 2.54. The van der Waals surface area contributed by atoms with Gasteiger partial charge in [0.15, 0.2) is 0 Å². The van der Waals surface area contributed by atoms with Crippen molar-refractivity contribution < 1.29 is 9.00 Å². The van der Waals surface area contributed by atoms with Crippen molar-refractivity contribution in [3.63, 3.8) is 0 Å². The van der Waals surface area contributed by atoms with Crippen molar-refractivity contribution in [2.45, 2.75) is 18.2 Å². The van der Waals surface area contributed by atoms with Gasteiger partial charge >= 0.3 is 0 Å². The second kappa shape index (κ2) is 5.52. The molecule has 1 amide bonds. The third kappa shape index (κ3) is 1.98. The van der Waals surface area contributed by atoms with E-state index in [4.69, 9.17) is 0 Å². The molecular formula is C24H17NO2S. The van der Waals surface area contributed by atoms with Crippen molar-refractivity contribution in [1.29, 1.82) is 0 Å². The lowest BCUT2D eigenvalue weighted by Gasteiger charge is -2.46. The van der Waals surface area contributed by atoms with Gasteiger partial charge in [0.1, 0.15) is 16.2 Å². The first kappa shape index (κ1) is 16.0. The Balaban J connectivity index is 1.73. The largest absolute Gasteiger partial charge is 0.274 e. The molecule has 2 aliphatic heterocycles. The minimum Gasteiger partial charge on any atom is -0.274 e. The summed E-state index contributed by atoms with van der Waals surface area (Å²) in [6, 6.07) is 24.8. The fraction of sp³-hybridized carbons (Fsp3) is 0.125. The molecule has 2 heterocycles.